The summed E-state index contributed by atoms with van der Waals surface area (Å²) >= 11 is 0. The van der Waals surface area contributed by atoms with Gasteiger partial charge in [-0.1, -0.05) is 24.3 Å². The van der Waals surface area contributed by atoms with Crippen molar-refractivity contribution < 1.29 is 8.42 Å². The maximum Gasteiger partial charge on any atom is 0.247 e. The van der Waals surface area contributed by atoms with Crippen molar-refractivity contribution in [3.8, 4) is 5.69 Å². The van der Waals surface area contributed by atoms with Gasteiger partial charge < -0.3 is 9.47 Å². The first-order valence-corrected chi connectivity index (χ1v) is 11.1. The number of hydrazone groups is 1. The van der Waals surface area contributed by atoms with Crippen molar-refractivity contribution in [2.75, 3.05) is 25.3 Å². The Labute approximate surface area is 171 Å². The zero-order valence-electron chi connectivity index (χ0n) is 16.6. The van der Waals surface area contributed by atoms with Crippen LogP contribution in [0.15, 0.2) is 72.4 Å². The molecule has 150 valence electrons. The van der Waals surface area contributed by atoms with E-state index >= 15 is 0 Å². The van der Waals surface area contributed by atoms with Crippen LogP contribution in [0.2, 0.25) is 0 Å². The molecule has 0 radical (unpaired) electrons. The summed E-state index contributed by atoms with van der Waals surface area (Å²) in [5.74, 6) is 0. The van der Waals surface area contributed by atoms with E-state index in [1.807, 2.05) is 78.3 Å². The van der Waals surface area contributed by atoms with Crippen LogP contribution in [0.5, 0.6) is 0 Å². The second-order valence-corrected chi connectivity index (χ2v) is 9.15. The highest BCUT2D eigenvalue weighted by Crippen LogP contribution is 2.35. The van der Waals surface area contributed by atoms with E-state index in [4.69, 9.17) is 0 Å². The number of rotatable bonds is 5. The second-order valence-electron chi connectivity index (χ2n) is 7.30. The number of sulfonamides is 1. The fourth-order valence-corrected chi connectivity index (χ4v) is 4.35. The van der Waals surface area contributed by atoms with Crippen molar-refractivity contribution in [1.82, 2.24) is 14.0 Å². The molecule has 0 bridgehead atoms. The molecule has 1 unspecified atom stereocenters. The summed E-state index contributed by atoms with van der Waals surface area (Å²) < 4.78 is 27.9. The normalized spacial score (nSPS) is 16.7. The summed E-state index contributed by atoms with van der Waals surface area (Å²) in [6, 6.07) is 15.5. The molecule has 8 heteroatoms. The summed E-state index contributed by atoms with van der Waals surface area (Å²) in [5, 5.41) is 4.47. The number of hydrogen-bond donors (Lipinski definition) is 0. The third kappa shape index (κ3) is 3.88. The molecule has 0 saturated heterocycles. The van der Waals surface area contributed by atoms with Crippen LogP contribution in [-0.2, 0) is 10.0 Å². The predicted molar refractivity (Wildman–Crippen MR) is 115 cm³/mol. The molecule has 4 rings (SSSR count). The highest BCUT2D eigenvalue weighted by Gasteiger charge is 2.34. The Balaban J connectivity index is 1.63. The van der Waals surface area contributed by atoms with E-state index in [0.29, 0.717) is 6.42 Å². The van der Waals surface area contributed by atoms with Gasteiger partial charge in [0.05, 0.1) is 24.3 Å². The molecule has 0 fully saturated rings. The summed E-state index contributed by atoms with van der Waals surface area (Å²) in [5.41, 5.74) is 4.65. The Hall–Kier alpha value is -3.13. The lowest BCUT2D eigenvalue weighted by molar-refractivity contribution is 0.375. The summed E-state index contributed by atoms with van der Waals surface area (Å²) in [4.78, 5) is 6.07. The average molecular weight is 410 g/mol. The lowest BCUT2D eigenvalue weighted by Crippen LogP contribution is -2.26. The number of hydrogen-bond acceptors (Lipinski definition) is 5. The summed E-state index contributed by atoms with van der Waals surface area (Å²) in [6.45, 7) is 0. The van der Waals surface area contributed by atoms with Crippen LogP contribution in [0.4, 0.5) is 5.69 Å². The molecular formula is C21H23N5O2S. The molecule has 1 aliphatic rings. The van der Waals surface area contributed by atoms with Gasteiger partial charge in [0, 0.05) is 44.3 Å². The topological polar surface area (TPSA) is 70.8 Å². The third-order valence-corrected chi connectivity index (χ3v) is 6.03. The van der Waals surface area contributed by atoms with Crippen molar-refractivity contribution in [3.05, 3.63) is 78.4 Å². The number of imidazole rings is 1. The van der Waals surface area contributed by atoms with Gasteiger partial charge in [0.2, 0.25) is 10.0 Å². The zero-order valence-corrected chi connectivity index (χ0v) is 17.4. The van der Waals surface area contributed by atoms with Crippen molar-refractivity contribution in [2.24, 2.45) is 5.10 Å². The van der Waals surface area contributed by atoms with Crippen LogP contribution < -0.4 is 4.90 Å². The Morgan fingerprint density at radius 2 is 1.72 bits per heavy atom. The lowest BCUT2D eigenvalue weighted by atomic mass is 9.99. The monoisotopic (exact) mass is 409 g/mol. The van der Waals surface area contributed by atoms with Gasteiger partial charge in [-0.2, -0.15) is 9.52 Å². The van der Waals surface area contributed by atoms with Gasteiger partial charge in [0.15, 0.2) is 0 Å². The highest BCUT2D eigenvalue weighted by atomic mass is 32.2. The zero-order chi connectivity index (χ0) is 20.6. The van der Waals surface area contributed by atoms with Crippen molar-refractivity contribution >= 4 is 21.4 Å². The molecule has 0 saturated carbocycles. The van der Waals surface area contributed by atoms with Crippen LogP contribution in [0.3, 0.4) is 0 Å². The maximum absolute atomic E-state index is 12.4. The molecule has 2 heterocycles. The SMILES string of the molecule is CN(C)c1ccc(C2CC(c3ccc(-n4ccnc4)cc3)=NN2S(C)(=O)=O)cc1. The van der Waals surface area contributed by atoms with Gasteiger partial charge in [0.1, 0.15) is 0 Å². The van der Waals surface area contributed by atoms with Crippen molar-refractivity contribution in [1.29, 1.82) is 0 Å². The first kappa shape index (κ1) is 19.2. The molecule has 2 aromatic carbocycles. The predicted octanol–water partition coefficient (Wildman–Crippen LogP) is 3.05. The van der Waals surface area contributed by atoms with Gasteiger partial charge >= 0.3 is 0 Å². The van der Waals surface area contributed by atoms with Crippen LogP contribution >= 0.6 is 0 Å². The molecule has 29 heavy (non-hydrogen) atoms. The number of nitrogens with zero attached hydrogens (tertiary/aromatic N) is 5. The van der Waals surface area contributed by atoms with E-state index < -0.39 is 10.0 Å². The van der Waals surface area contributed by atoms with E-state index in [1.54, 1.807) is 12.5 Å². The quantitative estimate of drug-likeness (QED) is 0.649. The minimum absolute atomic E-state index is 0.343. The molecule has 0 spiro atoms. The van der Waals surface area contributed by atoms with E-state index in [-0.39, 0.29) is 6.04 Å². The molecule has 1 aliphatic heterocycles. The Kier molecular flexibility index (Phi) is 4.87. The fourth-order valence-electron chi connectivity index (χ4n) is 3.45. The summed E-state index contributed by atoms with van der Waals surface area (Å²) in [7, 11) is 0.461. The first-order chi connectivity index (χ1) is 13.8. The van der Waals surface area contributed by atoms with Gasteiger partial charge in [-0.15, -0.1) is 0 Å². The standard InChI is InChI=1S/C21H23N5O2S/c1-24(2)18-8-6-17(7-9-18)21-14-20(23-26(21)29(3,27)28)16-4-10-19(11-5-16)25-13-12-22-15-25/h4-13,15,21H,14H2,1-3H3. The third-order valence-electron chi connectivity index (χ3n) is 5.01. The molecular weight excluding hydrogens is 386 g/mol. The molecule has 0 aliphatic carbocycles. The van der Waals surface area contributed by atoms with E-state index in [2.05, 4.69) is 10.1 Å². The van der Waals surface area contributed by atoms with Crippen molar-refractivity contribution in [3.63, 3.8) is 0 Å². The average Bonchev–Trinajstić information content (AvgIpc) is 3.38. The fraction of sp³-hybridized carbons (Fsp3) is 0.238. The highest BCUT2D eigenvalue weighted by molar-refractivity contribution is 7.88. The molecule has 0 amide bonds. The second kappa shape index (κ2) is 7.36. The maximum atomic E-state index is 12.4. The molecule has 1 atom stereocenters. The van der Waals surface area contributed by atoms with Gasteiger partial charge in [0.25, 0.3) is 0 Å². The van der Waals surface area contributed by atoms with Gasteiger partial charge in [-0.25, -0.2) is 13.4 Å². The first-order valence-electron chi connectivity index (χ1n) is 9.26. The minimum Gasteiger partial charge on any atom is -0.378 e. The number of benzene rings is 2. The van der Waals surface area contributed by atoms with Crippen LogP contribution in [0.25, 0.3) is 5.69 Å². The number of anilines is 1. The van der Waals surface area contributed by atoms with E-state index in [9.17, 15) is 8.42 Å². The Morgan fingerprint density at radius 3 is 2.28 bits per heavy atom. The molecule has 0 N–H and O–H groups in total. The van der Waals surface area contributed by atoms with Crippen LogP contribution in [0, 0.1) is 0 Å². The summed E-state index contributed by atoms with van der Waals surface area (Å²) in [6.07, 6.45) is 7.06. The van der Waals surface area contributed by atoms with Crippen molar-refractivity contribution in [2.45, 2.75) is 12.5 Å². The molecule has 3 aromatic rings. The molecule has 7 nitrogen and oxygen atoms in total. The smallest absolute Gasteiger partial charge is 0.247 e. The molecule has 1 aromatic heterocycles. The van der Waals surface area contributed by atoms with Crippen LogP contribution in [-0.4, -0.2) is 48.4 Å². The van der Waals surface area contributed by atoms with Crippen LogP contribution in [0.1, 0.15) is 23.6 Å². The minimum atomic E-state index is -3.49. The van der Waals surface area contributed by atoms with Gasteiger partial charge in [-0.3, -0.25) is 0 Å². The van der Waals surface area contributed by atoms with E-state index in [1.165, 1.54) is 10.7 Å². The number of aromatic nitrogens is 2. The largest absolute Gasteiger partial charge is 0.378 e. The van der Waals surface area contributed by atoms with Gasteiger partial charge in [-0.05, 0) is 35.4 Å². The van der Waals surface area contributed by atoms with E-state index in [0.717, 1.165) is 28.2 Å². The Morgan fingerprint density at radius 1 is 1.03 bits per heavy atom. The Bertz CT molecular complexity index is 1120. The lowest BCUT2D eigenvalue weighted by Gasteiger charge is -2.22.